The summed E-state index contributed by atoms with van der Waals surface area (Å²) in [6.45, 7) is 40.0. The minimum atomic E-state index is 0. The Morgan fingerprint density at radius 3 is 0.833 bits per heavy atom. The van der Waals surface area contributed by atoms with Gasteiger partial charge in [-0.3, -0.25) is 24.3 Å². The van der Waals surface area contributed by atoms with Crippen molar-refractivity contribution in [2.24, 2.45) is 0 Å². The van der Waals surface area contributed by atoms with Crippen molar-refractivity contribution in [1.82, 2.24) is 0 Å². The van der Waals surface area contributed by atoms with Crippen LogP contribution in [0.5, 0.6) is 0 Å². The van der Waals surface area contributed by atoms with Gasteiger partial charge >= 0.3 is 42.1 Å². The van der Waals surface area contributed by atoms with Crippen molar-refractivity contribution >= 4 is 18.2 Å². The van der Waals surface area contributed by atoms with Crippen LogP contribution in [-0.4, -0.2) is 0 Å². The maximum atomic E-state index is 3.70. The van der Waals surface area contributed by atoms with Crippen LogP contribution >= 0.6 is 0 Å². The van der Waals surface area contributed by atoms with Gasteiger partial charge in [-0.1, -0.05) is 192 Å². The minimum Gasteiger partial charge on any atom is -0.358 e. The summed E-state index contributed by atoms with van der Waals surface area (Å²) in [5.74, 6) is 0. The molecule has 0 aromatic heterocycles. The molecule has 0 bridgehead atoms. The van der Waals surface area contributed by atoms with Gasteiger partial charge in [0.2, 0.25) is 0 Å². The van der Waals surface area contributed by atoms with Gasteiger partial charge in [0.05, 0.1) is 0 Å². The second-order valence-corrected chi connectivity index (χ2v) is 7.26. The number of aryl methyl sites for hydroxylation is 2. The first-order chi connectivity index (χ1) is 24.2. The molecule has 0 aliphatic carbocycles. The summed E-state index contributed by atoms with van der Waals surface area (Å²) in [4.78, 5) is 0. The van der Waals surface area contributed by atoms with Crippen LogP contribution in [0.2, 0.25) is 0 Å². The van der Waals surface area contributed by atoms with Crippen molar-refractivity contribution in [2.75, 3.05) is 0 Å². The summed E-state index contributed by atoms with van der Waals surface area (Å²) >= 11 is 0. The number of hydrogen-bond donors (Lipinski definition) is 0. The molecule has 0 saturated heterocycles. The second kappa shape index (κ2) is 89.4. The van der Waals surface area contributed by atoms with E-state index in [0.29, 0.717) is 0 Å². The molecule has 54 heavy (non-hydrogen) atoms. The number of benzene rings is 4. The van der Waals surface area contributed by atoms with E-state index in [1.54, 1.807) is 6.08 Å². The van der Waals surface area contributed by atoms with Crippen molar-refractivity contribution < 1.29 is 108 Å². The van der Waals surface area contributed by atoms with Crippen LogP contribution in [0, 0.1) is 32.5 Å². The normalized spacial score (nSPS) is 7.15. The third kappa shape index (κ3) is 63.7. The fourth-order valence-corrected chi connectivity index (χ4v) is 2.87. The zero-order valence-electron chi connectivity index (χ0n) is 38.6. The van der Waals surface area contributed by atoms with E-state index in [0.717, 1.165) is 12.8 Å². The maximum Gasteiger partial charge on any atom is 2.00 e. The van der Waals surface area contributed by atoms with Gasteiger partial charge in [-0.05, 0) is 23.1 Å². The van der Waals surface area contributed by atoms with Gasteiger partial charge in [0.15, 0.2) is 0 Å². The molecule has 0 fully saturated rings. The molecule has 0 spiro atoms. The first kappa shape index (κ1) is 85.9. The van der Waals surface area contributed by atoms with Crippen molar-refractivity contribution in [2.45, 2.75) is 137 Å². The molecule has 4 heteroatoms. The largest absolute Gasteiger partial charge is 2.00 e. The SMILES string of the molecule is CC.CC.CC.CC.CC.CC.CC.CC.CCc1cc[c-]cc1.[CH2-]C=Cc1ccc(C=Cc2ccc(CC)cc2)cc1.[CH3-].[W+2].[W+2].[Y].[Y].[c-]1cc[c-]cc1. The molecule has 4 rings (SSSR count). The zero-order valence-corrected chi connectivity index (χ0v) is 50.2. The van der Waals surface area contributed by atoms with E-state index in [9.17, 15) is 0 Å². The van der Waals surface area contributed by atoms with E-state index in [-0.39, 0.29) is 115 Å². The second-order valence-electron chi connectivity index (χ2n) is 7.26. The third-order valence-electron chi connectivity index (χ3n) is 4.85. The Hall–Kier alpha value is -0.186. The van der Waals surface area contributed by atoms with Crippen LogP contribution in [0.3, 0.4) is 0 Å². The molecule has 302 valence electrons. The Labute approximate surface area is 421 Å². The fourth-order valence-electron chi connectivity index (χ4n) is 2.87. The zero-order chi connectivity index (χ0) is 39.6. The average molecular weight is 1230 g/mol. The van der Waals surface area contributed by atoms with Crippen LogP contribution in [0.25, 0.3) is 18.2 Å². The van der Waals surface area contributed by atoms with E-state index in [4.69, 9.17) is 0 Å². The van der Waals surface area contributed by atoms with Gasteiger partial charge < -0.3 is 19.6 Å². The molecule has 0 heterocycles. The Morgan fingerprint density at radius 2 is 0.611 bits per heavy atom. The molecule has 0 unspecified atom stereocenters. The van der Waals surface area contributed by atoms with Crippen LogP contribution in [0.1, 0.15) is 152 Å². The molecule has 0 nitrogen and oxygen atoms in total. The molecule has 0 atom stereocenters. The first-order valence-corrected chi connectivity index (χ1v) is 19.3. The molecule has 4 aromatic carbocycles. The van der Waals surface area contributed by atoms with Crippen molar-refractivity contribution in [3.8, 4) is 0 Å². The molecular formula is C50H83W2Y2-. The molecule has 0 aliphatic heterocycles. The van der Waals surface area contributed by atoms with Crippen molar-refractivity contribution in [1.29, 1.82) is 0 Å². The van der Waals surface area contributed by atoms with E-state index in [1.807, 2.05) is 153 Å². The van der Waals surface area contributed by atoms with E-state index >= 15 is 0 Å². The van der Waals surface area contributed by atoms with Gasteiger partial charge in [0, 0.05) is 65.4 Å². The van der Waals surface area contributed by atoms with Gasteiger partial charge in [0.25, 0.3) is 0 Å². The van der Waals surface area contributed by atoms with Crippen LogP contribution in [-0.2, 0) is 120 Å². The van der Waals surface area contributed by atoms with Crippen LogP contribution in [0.4, 0.5) is 0 Å². The third-order valence-corrected chi connectivity index (χ3v) is 4.85. The molecule has 2 radical (unpaired) electrons. The summed E-state index contributed by atoms with van der Waals surface area (Å²) in [5.41, 5.74) is 6.38. The van der Waals surface area contributed by atoms with E-state index in [1.165, 1.54) is 27.8 Å². The molecule has 0 saturated carbocycles. The number of hydrogen-bond acceptors (Lipinski definition) is 0. The first-order valence-electron chi connectivity index (χ1n) is 19.3. The van der Waals surface area contributed by atoms with Gasteiger partial charge in [-0.25, -0.2) is 19.1 Å². The summed E-state index contributed by atoms with van der Waals surface area (Å²) in [6.07, 6.45) is 10.3. The minimum absolute atomic E-state index is 0. The quantitative estimate of drug-likeness (QED) is 0.138. The van der Waals surface area contributed by atoms with Gasteiger partial charge in [-0.2, -0.15) is 35.9 Å². The number of allylic oxidation sites excluding steroid dienone is 1. The molecule has 0 amide bonds. The molecule has 4 aromatic rings. The Morgan fingerprint density at radius 1 is 0.389 bits per heavy atom. The summed E-state index contributed by atoms with van der Waals surface area (Å²) in [7, 11) is 0. The monoisotopic (exact) mass is 1230 g/mol. The van der Waals surface area contributed by atoms with Crippen LogP contribution < -0.4 is 0 Å². The Balaban J connectivity index is -0.0000000430. The summed E-state index contributed by atoms with van der Waals surface area (Å²) in [6, 6.07) is 41.1. The molecule has 0 aliphatic rings. The molecule has 0 N–H and O–H groups in total. The van der Waals surface area contributed by atoms with E-state index < -0.39 is 0 Å². The van der Waals surface area contributed by atoms with E-state index in [2.05, 4.69) is 112 Å². The predicted molar refractivity (Wildman–Crippen MR) is 242 cm³/mol. The Bertz CT molecular complexity index is 1040. The fraction of sp³-hybridized carbons (Fsp3) is 0.400. The smallest absolute Gasteiger partial charge is 0.358 e. The van der Waals surface area contributed by atoms with Crippen molar-refractivity contribution in [3.63, 3.8) is 0 Å². The maximum absolute atomic E-state index is 3.70. The average Bonchev–Trinajstić information content (AvgIpc) is 3.25. The number of rotatable bonds is 5. The van der Waals surface area contributed by atoms with Gasteiger partial charge in [-0.15, -0.1) is 5.56 Å². The summed E-state index contributed by atoms with van der Waals surface area (Å²) < 4.78 is 0. The topological polar surface area (TPSA) is 0 Å². The summed E-state index contributed by atoms with van der Waals surface area (Å²) in [5, 5.41) is 0. The standard InChI is InChI=1S/C19H19.C8H9.C6H4.8C2H6.CH3.2W.2Y/c1-3-5-17-10-12-19(13-11-17)15-14-18-8-6-16(4-2)7-9-18;1-2-8-6-4-3-5-7-8;1-2-4-6-5-3-1;8*1-2;;;;;/h3,5-15H,1,4H2,2H3;4-7H,2H2,1H3;1-2,5-6H;8*1-2H3;1H3;;;;/q2*-1;-2;;;;;;;;;-1;2*+2;;. The predicted octanol–water partition coefficient (Wildman–Crippen LogP) is 17.3. The van der Waals surface area contributed by atoms with Crippen LogP contribution in [0.15, 0.2) is 103 Å². The van der Waals surface area contributed by atoms with Crippen molar-refractivity contribution in [3.05, 3.63) is 164 Å². The Kier molecular flexibility index (Phi) is 142. The van der Waals surface area contributed by atoms with Gasteiger partial charge in [0.1, 0.15) is 0 Å². The molecular weight excluding hydrogens is 1150 g/mol.